The summed E-state index contributed by atoms with van der Waals surface area (Å²) in [4.78, 5) is 31.7. The fourth-order valence-electron chi connectivity index (χ4n) is 3.24. The number of fused-ring (bicyclic) bond motifs is 1. The van der Waals surface area contributed by atoms with E-state index in [1.807, 2.05) is 50.2 Å². The number of pyridine rings is 1. The lowest BCUT2D eigenvalue weighted by atomic mass is 10.1. The number of aromatic nitrogens is 2. The average Bonchev–Trinajstić information content (AvgIpc) is 3.14. The first-order chi connectivity index (χ1) is 14.1. The van der Waals surface area contributed by atoms with Crippen LogP contribution in [0.4, 0.5) is 0 Å². The molecule has 0 aliphatic rings. The van der Waals surface area contributed by atoms with Crippen molar-refractivity contribution in [1.29, 1.82) is 0 Å². The molecule has 2 amide bonds. The highest BCUT2D eigenvalue weighted by molar-refractivity contribution is 6.02. The van der Waals surface area contributed by atoms with E-state index in [4.69, 9.17) is 4.74 Å². The molecule has 7 nitrogen and oxygen atoms in total. The minimum Gasteiger partial charge on any atom is -0.497 e. The quantitative estimate of drug-likeness (QED) is 0.637. The van der Waals surface area contributed by atoms with Crippen LogP contribution in [0, 0.1) is 0 Å². The van der Waals surface area contributed by atoms with Crippen molar-refractivity contribution in [2.24, 2.45) is 0 Å². The zero-order valence-electron chi connectivity index (χ0n) is 17.0. The van der Waals surface area contributed by atoms with Crippen molar-refractivity contribution < 1.29 is 14.3 Å². The summed E-state index contributed by atoms with van der Waals surface area (Å²) in [5.41, 5.74) is 1.99. The lowest BCUT2D eigenvalue weighted by Crippen LogP contribution is -2.31. The van der Waals surface area contributed by atoms with Gasteiger partial charge in [0.2, 0.25) is 5.82 Å². The Morgan fingerprint density at radius 1 is 1.14 bits per heavy atom. The van der Waals surface area contributed by atoms with Gasteiger partial charge < -0.3 is 15.0 Å². The minimum atomic E-state index is -0.312. The van der Waals surface area contributed by atoms with Crippen molar-refractivity contribution in [3.05, 3.63) is 65.7 Å². The largest absolute Gasteiger partial charge is 0.497 e. The molecule has 0 atom stereocenters. The third-order valence-corrected chi connectivity index (χ3v) is 4.84. The van der Waals surface area contributed by atoms with Crippen LogP contribution in [0.5, 0.6) is 5.75 Å². The third kappa shape index (κ3) is 4.39. The summed E-state index contributed by atoms with van der Waals surface area (Å²) in [6.45, 7) is 5.47. The van der Waals surface area contributed by atoms with E-state index in [-0.39, 0.29) is 17.6 Å². The van der Waals surface area contributed by atoms with Crippen LogP contribution in [0.1, 0.15) is 40.5 Å². The van der Waals surface area contributed by atoms with Gasteiger partial charge in [-0.05, 0) is 50.1 Å². The first kappa shape index (κ1) is 20.4. The number of carbonyl (C=O) groups excluding carboxylic acids is 2. The van der Waals surface area contributed by atoms with Gasteiger partial charge in [0.1, 0.15) is 5.75 Å². The Bertz CT molecular complexity index is 1010. The van der Waals surface area contributed by atoms with Crippen molar-refractivity contribution in [3.63, 3.8) is 0 Å². The molecular formula is C22H26N4O3. The summed E-state index contributed by atoms with van der Waals surface area (Å²) in [6, 6.07) is 13.2. The fourth-order valence-corrected chi connectivity index (χ4v) is 3.24. The summed E-state index contributed by atoms with van der Waals surface area (Å²) in [7, 11) is 1.63. The van der Waals surface area contributed by atoms with Gasteiger partial charge in [-0.1, -0.05) is 18.2 Å². The highest BCUT2D eigenvalue weighted by Gasteiger charge is 2.23. The number of carbonyl (C=O) groups is 2. The molecule has 152 valence electrons. The Morgan fingerprint density at radius 3 is 2.66 bits per heavy atom. The number of amides is 2. The van der Waals surface area contributed by atoms with Crippen LogP contribution in [0.15, 0.2) is 48.7 Å². The maximum absolute atomic E-state index is 12.8. The highest BCUT2D eigenvalue weighted by Crippen LogP contribution is 2.16. The van der Waals surface area contributed by atoms with Gasteiger partial charge in [-0.2, -0.15) is 0 Å². The van der Waals surface area contributed by atoms with Crippen LogP contribution >= 0.6 is 0 Å². The molecule has 29 heavy (non-hydrogen) atoms. The number of imidazole rings is 1. The number of hydrogen-bond acceptors (Lipinski definition) is 4. The van der Waals surface area contributed by atoms with Crippen LogP contribution in [0.3, 0.4) is 0 Å². The van der Waals surface area contributed by atoms with E-state index in [0.717, 1.165) is 11.3 Å². The number of methoxy groups -OCH3 is 1. The standard InChI is InChI=1S/C22H26N4O3/c1-4-25(5-2)22(28)19-18-11-6-7-14-26(18)20(24-19)21(27)23-13-12-16-9-8-10-17(15-16)29-3/h6-11,14-15H,4-5,12-13H2,1-3H3,(H,23,27). The predicted molar refractivity (Wildman–Crippen MR) is 111 cm³/mol. The van der Waals surface area contributed by atoms with Crippen molar-refractivity contribution in [3.8, 4) is 5.75 Å². The zero-order chi connectivity index (χ0) is 20.8. The molecule has 3 aromatic rings. The van der Waals surface area contributed by atoms with Crippen molar-refractivity contribution in [1.82, 2.24) is 19.6 Å². The SMILES string of the molecule is CCN(CC)C(=O)c1nc(C(=O)NCCc2cccc(OC)c2)n2ccccc12. The number of ether oxygens (including phenoxy) is 1. The molecule has 3 rings (SSSR count). The smallest absolute Gasteiger partial charge is 0.287 e. The summed E-state index contributed by atoms with van der Waals surface area (Å²) < 4.78 is 6.89. The molecule has 1 N–H and O–H groups in total. The molecule has 0 radical (unpaired) electrons. The maximum atomic E-state index is 12.8. The molecule has 0 aliphatic heterocycles. The minimum absolute atomic E-state index is 0.172. The van der Waals surface area contributed by atoms with E-state index in [9.17, 15) is 9.59 Å². The van der Waals surface area contributed by atoms with E-state index in [2.05, 4.69) is 10.3 Å². The van der Waals surface area contributed by atoms with E-state index in [0.29, 0.717) is 37.3 Å². The van der Waals surface area contributed by atoms with E-state index >= 15 is 0 Å². The van der Waals surface area contributed by atoms with Gasteiger partial charge in [0.25, 0.3) is 11.8 Å². The molecular weight excluding hydrogens is 368 g/mol. The van der Waals surface area contributed by atoms with E-state index in [1.165, 1.54) is 0 Å². The molecule has 2 aromatic heterocycles. The van der Waals surface area contributed by atoms with Crippen molar-refractivity contribution >= 4 is 17.3 Å². The normalized spacial score (nSPS) is 10.7. The summed E-state index contributed by atoms with van der Waals surface area (Å²) in [5, 5.41) is 2.90. The summed E-state index contributed by atoms with van der Waals surface area (Å²) >= 11 is 0. The average molecular weight is 394 g/mol. The number of rotatable bonds is 8. The van der Waals surface area contributed by atoms with Gasteiger partial charge in [0.15, 0.2) is 5.69 Å². The molecule has 0 fully saturated rings. The van der Waals surface area contributed by atoms with Crippen molar-refractivity contribution in [2.75, 3.05) is 26.7 Å². The maximum Gasteiger partial charge on any atom is 0.287 e. The van der Waals surface area contributed by atoms with Crippen LogP contribution in [-0.4, -0.2) is 52.8 Å². The van der Waals surface area contributed by atoms with Crippen LogP contribution < -0.4 is 10.1 Å². The fraction of sp³-hybridized carbons (Fsp3) is 0.318. The number of nitrogens with zero attached hydrogens (tertiary/aromatic N) is 3. The first-order valence-electron chi connectivity index (χ1n) is 9.76. The van der Waals surface area contributed by atoms with Crippen LogP contribution in [-0.2, 0) is 6.42 Å². The molecule has 0 aliphatic carbocycles. The monoisotopic (exact) mass is 394 g/mol. The highest BCUT2D eigenvalue weighted by atomic mass is 16.5. The summed E-state index contributed by atoms with van der Waals surface area (Å²) in [5.74, 6) is 0.510. The number of hydrogen-bond donors (Lipinski definition) is 1. The number of nitrogens with one attached hydrogen (secondary N) is 1. The molecule has 0 bridgehead atoms. The van der Waals surface area contributed by atoms with E-state index in [1.54, 1.807) is 28.7 Å². The lowest BCUT2D eigenvalue weighted by molar-refractivity contribution is 0.0769. The predicted octanol–water partition coefficient (Wildman–Crippen LogP) is 2.80. The first-order valence-corrected chi connectivity index (χ1v) is 9.76. The molecule has 0 saturated carbocycles. The van der Waals surface area contributed by atoms with Gasteiger partial charge in [0.05, 0.1) is 12.6 Å². The molecule has 0 spiro atoms. The van der Waals surface area contributed by atoms with Crippen molar-refractivity contribution in [2.45, 2.75) is 20.3 Å². The zero-order valence-corrected chi connectivity index (χ0v) is 17.0. The molecule has 0 saturated heterocycles. The van der Waals surface area contributed by atoms with Gasteiger partial charge in [-0.25, -0.2) is 4.98 Å². The second-order valence-electron chi connectivity index (χ2n) is 6.57. The Kier molecular flexibility index (Phi) is 6.49. The van der Waals surface area contributed by atoms with Gasteiger partial charge >= 0.3 is 0 Å². The molecule has 7 heteroatoms. The van der Waals surface area contributed by atoms with Crippen LogP contribution in [0.2, 0.25) is 0 Å². The van der Waals surface area contributed by atoms with Gasteiger partial charge in [-0.15, -0.1) is 0 Å². The van der Waals surface area contributed by atoms with Crippen LogP contribution in [0.25, 0.3) is 5.52 Å². The molecule has 0 unspecified atom stereocenters. The van der Waals surface area contributed by atoms with Gasteiger partial charge in [-0.3, -0.25) is 14.0 Å². The third-order valence-electron chi connectivity index (χ3n) is 4.84. The number of benzene rings is 1. The summed E-state index contributed by atoms with van der Waals surface area (Å²) in [6.07, 6.45) is 2.41. The second kappa shape index (κ2) is 9.23. The Hall–Kier alpha value is -3.35. The Morgan fingerprint density at radius 2 is 1.93 bits per heavy atom. The second-order valence-corrected chi connectivity index (χ2v) is 6.57. The molecule has 2 heterocycles. The van der Waals surface area contributed by atoms with Gasteiger partial charge in [0, 0.05) is 25.8 Å². The Balaban J connectivity index is 1.78. The lowest BCUT2D eigenvalue weighted by Gasteiger charge is -2.17. The van der Waals surface area contributed by atoms with E-state index < -0.39 is 0 Å². The topological polar surface area (TPSA) is 75.9 Å². The Labute approximate surface area is 170 Å². The molecule has 1 aromatic carbocycles.